The lowest BCUT2D eigenvalue weighted by Gasteiger charge is -2.40. The quantitative estimate of drug-likeness (QED) is 0.722. The van der Waals surface area contributed by atoms with Crippen molar-refractivity contribution in [2.24, 2.45) is 0 Å². The third-order valence-corrected chi connectivity index (χ3v) is 5.29. The zero-order chi connectivity index (χ0) is 16.8. The summed E-state index contributed by atoms with van der Waals surface area (Å²) in [7, 11) is 0. The summed E-state index contributed by atoms with van der Waals surface area (Å²) in [4.78, 5) is 7.04. The maximum absolute atomic E-state index is 9.54. The molecular formula is C19H18N6. The molecule has 0 saturated carbocycles. The van der Waals surface area contributed by atoms with Crippen molar-refractivity contribution in [3.63, 3.8) is 0 Å². The lowest BCUT2D eigenvalue weighted by atomic mass is 9.93. The van der Waals surface area contributed by atoms with Gasteiger partial charge in [0.25, 0.3) is 0 Å². The van der Waals surface area contributed by atoms with Gasteiger partial charge in [0.2, 0.25) is 0 Å². The van der Waals surface area contributed by atoms with Crippen molar-refractivity contribution in [3.05, 3.63) is 53.1 Å². The molecule has 1 saturated heterocycles. The average molecular weight is 330 g/mol. The van der Waals surface area contributed by atoms with E-state index in [2.05, 4.69) is 27.2 Å². The summed E-state index contributed by atoms with van der Waals surface area (Å²) in [5, 5.41) is 18.1. The van der Waals surface area contributed by atoms with Gasteiger partial charge in [-0.2, -0.15) is 5.26 Å². The molecule has 0 N–H and O–H groups in total. The van der Waals surface area contributed by atoms with E-state index in [1.165, 1.54) is 24.1 Å². The van der Waals surface area contributed by atoms with Gasteiger partial charge >= 0.3 is 0 Å². The first-order valence-electron chi connectivity index (χ1n) is 8.81. The summed E-state index contributed by atoms with van der Waals surface area (Å²) in [6.45, 7) is 1.66. The molecule has 124 valence electrons. The number of fused-ring (bicyclic) bond motifs is 2. The standard InChI is InChI=1S/C19H18N6/c20-10-14-9-13-5-1-2-6-16(13)21-18(14)24-11-15(12-24)19-23-22-17-7-3-4-8-25(17)19/h3-4,7-9,15H,1-2,5-6,11-12H2. The predicted octanol–water partition coefficient (Wildman–Crippen LogP) is 2.48. The molecule has 6 nitrogen and oxygen atoms in total. The van der Waals surface area contributed by atoms with Gasteiger partial charge < -0.3 is 4.90 Å². The second-order valence-corrected chi connectivity index (χ2v) is 6.87. The van der Waals surface area contributed by atoms with Crippen molar-refractivity contribution in [3.8, 4) is 6.07 Å². The SMILES string of the molecule is N#Cc1cc2c(nc1N1CC(c3nnc4ccccn34)C1)CCCC2. The van der Waals surface area contributed by atoms with Crippen molar-refractivity contribution in [2.75, 3.05) is 18.0 Å². The minimum Gasteiger partial charge on any atom is -0.354 e. The highest BCUT2D eigenvalue weighted by atomic mass is 15.3. The van der Waals surface area contributed by atoms with Gasteiger partial charge in [0.05, 0.1) is 11.5 Å². The van der Waals surface area contributed by atoms with Gasteiger partial charge in [-0.25, -0.2) is 4.98 Å². The maximum Gasteiger partial charge on any atom is 0.160 e. The molecule has 0 radical (unpaired) electrons. The molecular weight excluding hydrogens is 312 g/mol. The molecule has 25 heavy (non-hydrogen) atoms. The van der Waals surface area contributed by atoms with E-state index in [1.54, 1.807) is 0 Å². The van der Waals surface area contributed by atoms with Gasteiger partial charge in [-0.15, -0.1) is 10.2 Å². The van der Waals surface area contributed by atoms with Gasteiger partial charge in [0, 0.05) is 25.0 Å². The van der Waals surface area contributed by atoms with Crippen LogP contribution in [-0.2, 0) is 12.8 Å². The van der Waals surface area contributed by atoms with Crippen LogP contribution in [0.3, 0.4) is 0 Å². The summed E-state index contributed by atoms with van der Waals surface area (Å²) in [6.07, 6.45) is 6.47. The number of hydrogen-bond acceptors (Lipinski definition) is 5. The number of pyridine rings is 2. The third-order valence-electron chi connectivity index (χ3n) is 5.29. The van der Waals surface area contributed by atoms with Crippen LogP contribution < -0.4 is 4.90 Å². The summed E-state index contributed by atoms with van der Waals surface area (Å²) in [5.41, 5.74) is 4.01. The topological polar surface area (TPSA) is 70.1 Å². The first-order chi connectivity index (χ1) is 12.3. The number of nitriles is 1. The Hall–Kier alpha value is -2.94. The molecule has 3 aromatic rings. The molecule has 6 heteroatoms. The van der Waals surface area contributed by atoms with Crippen molar-refractivity contribution in [1.29, 1.82) is 5.26 Å². The molecule has 3 aromatic heterocycles. The Bertz CT molecular complexity index is 993. The highest BCUT2D eigenvalue weighted by molar-refractivity contribution is 5.58. The monoisotopic (exact) mass is 330 g/mol. The van der Waals surface area contributed by atoms with Crippen LogP contribution in [0.1, 0.15) is 41.4 Å². The number of rotatable bonds is 2. The van der Waals surface area contributed by atoms with Crippen molar-refractivity contribution in [2.45, 2.75) is 31.6 Å². The smallest absolute Gasteiger partial charge is 0.160 e. The Morgan fingerprint density at radius 1 is 1.12 bits per heavy atom. The number of aryl methyl sites for hydroxylation is 2. The van der Waals surface area contributed by atoms with E-state index in [-0.39, 0.29) is 0 Å². The maximum atomic E-state index is 9.54. The average Bonchev–Trinajstić information content (AvgIpc) is 3.04. The summed E-state index contributed by atoms with van der Waals surface area (Å²) in [6, 6.07) is 10.3. The normalized spacial score (nSPS) is 17.2. The first-order valence-corrected chi connectivity index (χ1v) is 8.81. The molecule has 1 fully saturated rings. The van der Waals surface area contributed by atoms with Crippen LogP contribution in [0.25, 0.3) is 5.65 Å². The van der Waals surface area contributed by atoms with Crippen LogP contribution >= 0.6 is 0 Å². The number of nitrogens with zero attached hydrogens (tertiary/aromatic N) is 6. The fraction of sp³-hybridized carbons (Fsp3) is 0.368. The molecule has 0 unspecified atom stereocenters. The van der Waals surface area contributed by atoms with Crippen molar-refractivity contribution >= 4 is 11.5 Å². The zero-order valence-electron chi connectivity index (χ0n) is 13.9. The van der Waals surface area contributed by atoms with Gasteiger partial charge in [0.1, 0.15) is 17.7 Å². The number of anilines is 1. The van der Waals surface area contributed by atoms with E-state index in [4.69, 9.17) is 4.98 Å². The van der Waals surface area contributed by atoms with Crippen molar-refractivity contribution in [1.82, 2.24) is 19.6 Å². The van der Waals surface area contributed by atoms with E-state index in [9.17, 15) is 5.26 Å². The molecule has 0 spiro atoms. The highest BCUT2D eigenvalue weighted by Crippen LogP contribution is 2.33. The molecule has 0 atom stereocenters. The fourth-order valence-corrected chi connectivity index (χ4v) is 3.90. The van der Waals surface area contributed by atoms with Crippen LogP contribution in [0.4, 0.5) is 5.82 Å². The summed E-state index contributed by atoms with van der Waals surface area (Å²) < 4.78 is 2.05. The minimum atomic E-state index is 0.321. The Balaban J connectivity index is 1.43. The van der Waals surface area contributed by atoms with E-state index < -0.39 is 0 Å². The second-order valence-electron chi connectivity index (χ2n) is 6.87. The Kier molecular flexibility index (Phi) is 3.20. The summed E-state index contributed by atoms with van der Waals surface area (Å²) in [5.74, 6) is 2.15. The molecule has 0 aromatic carbocycles. The van der Waals surface area contributed by atoms with Gasteiger partial charge in [-0.05, 0) is 49.4 Å². The van der Waals surface area contributed by atoms with Crippen LogP contribution in [-0.4, -0.2) is 32.7 Å². The van der Waals surface area contributed by atoms with Crippen LogP contribution in [0.15, 0.2) is 30.5 Å². The van der Waals surface area contributed by atoms with E-state index in [0.29, 0.717) is 11.5 Å². The molecule has 0 bridgehead atoms. The molecule has 4 heterocycles. The fourth-order valence-electron chi connectivity index (χ4n) is 3.90. The lowest BCUT2D eigenvalue weighted by Crippen LogP contribution is -2.46. The highest BCUT2D eigenvalue weighted by Gasteiger charge is 2.34. The molecule has 1 aliphatic heterocycles. The number of aromatic nitrogens is 4. The third kappa shape index (κ3) is 2.27. The lowest BCUT2D eigenvalue weighted by molar-refractivity contribution is 0.491. The van der Waals surface area contributed by atoms with E-state index >= 15 is 0 Å². The molecule has 5 rings (SSSR count). The minimum absolute atomic E-state index is 0.321. The van der Waals surface area contributed by atoms with Crippen LogP contribution in [0.5, 0.6) is 0 Å². The molecule has 1 aliphatic carbocycles. The Labute approximate surface area is 145 Å². The molecule has 0 amide bonds. The van der Waals surface area contributed by atoms with Gasteiger partial charge in [-0.1, -0.05) is 6.07 Å². The zero-order valence-corrected chi connectivity index (χ0v) is 13.9. The van der Waals surface area contributed by atoms with Crippen molar-refractivity contribution < 1.29 is 0 Å². The Morgan fingerprint density at radius 2 is 2.00 bits per heavy atom. The van der Waals surface area contributed by atoms with E-state index in [1.807, 2.05) is 28.8 Å². The van der Waals surface area contributed by atoms with Crippen LogP contribution in [0.2, 0.25) is 0 Å². The molecule has 2 aliphatic rings. The van der Waals surface area contributed by atoms with Crippen LogP contribution in [0, 0.1) is 11.3 Å². The second kappa shape index (κ2) is 5.55. The number of hydrogen-bond donors (Lipinski definition) is 0. The van der Waals surface area contributed by atoms with E-state index in [0.717, 1.165) is 43.2 Å². The summed E-state index contributed by atoms with van der Waals surface area (Å²) >= 11 is 0. The van der Waals surface area contributed by atoms with Gasteiger partial charge in [-0.3, -0.25) is 4.40 Å². The predicted molar refractivity (Wildman–Crippen MR) is 93.5 cm³/mol. The Morgan fingerprint density at radius 3 is 2.88 bits per heavy atom. The first kappa shape index (κ1) is 14.4. The van der Waals surface area contributed by atoms with Gasteiger partial charge in [0.15, 0.2) is 5.65 Å². The largest absolute Gasteiger partial charge is 0.354 e.